The molecule has 1 heterocycles. The number of hydrogen-bond donors (Lipinski definition) is 2. The van der Waals surface area contributed by atoms with Gasteiger partial charge in [0.1, 0.15) is 0 Å². The highest BCUT2D eigenvalue weighted by Crippen LogP contribution is 2.28. The van der Waals surface area contributed by atoms with E-state index in [1.165, 1.54) is 4.90 Å². The molecule has 90 valence electrons. The van der Waals surface area contributed by atoms with Crippen molar-refractivity contribution in [3.05, 3.63) is 22.4 Å². The molecule has 0 aliphatic carbocycles. The van der Waals surface area contributed by atoms with Gasteiger partial charge in [-0.15, -0.1) is 0 Å². The first kappa shape index (κ1) is 13.0. The molecular weight excluding hydrogens is 224 g/mol. The largest absolute Gasteiger partial charge is 0.465 e. The Bertz CT molecular complexity index is 343. The number of nitrogens with two attached hydrogens (primary N) is 1. The third kappa shape index (κ3) is 2.74. The molecule has 1 rings (SSSR count). The van der Waals surface area contributed by atoms with E-state index in [1.54, 1.807) is 11.3 Å². The van der Waals surface area contributed by atoms with E-state index in [9.17, 15) is 9.90 Å². The van der Waals surface area contributed by atoms with Crippen molar-refractivity contribution >= 4 is 17.4 Å². The number of hydrogen-bond acceptors (Lipinski definition) is 3. The van der Waals surface area contributed by atoms with Gasteiger partial charge < -0.3 is 10.8 Å². The van der Waals surface area contributed by atoms with Crippen LogP contribution in [0, 0.1) is 0 Å². The number of rotatable bonds is 3. The molecule has 0 radical (unpaired) electrons. The Morgan fingerprint density at radius 3 is 2.56 bits per heavy atom. The van der Waals surface area contributed by atoms with Gasteiger partial charge in [0.05, 0.1) is 6.04 Å². The van der Waals surface area contributed by atoms with E-state index in [-0.39, 0.29) is 6.04 Å². The minimum Gasteiger partial charge on any atom is -0.465 e. The maximum atomic E-state index is 11.3. The van der Waals surface area contributed by atoms with Gasteiger partial charge in [0.15, 0.2) is 0 Å². The second kappa shape index (κ2) is 4.84. The van der Waals surface area contributed by atoms with Crippen LogP contribution in [0.15, 0.2) is 16.8 Å². The lowest BCUT2D eigenvalue weighted by Gasteiger charge is -2.39. The van der Waals surface area contributed by atoms with Crippen LogP contribution in [-0.4, -0.2) is 28.2 Å². The molecule has 1 aromatic rings. The lowest BCUT2D eigenvalue weighted by atomic mass is 10.0. The minimum absolute atomic E-state index is 0.274. The molecule has 0 bridgehead atoms. The van der Waals surface area contributed by atoms with Crippen molar-refractivity contribution in [1.82, 2.24) is 4.90 Å². The quantitative estimate of drug-likeness (QED) is 0.856. The first-order chi connectivity index (χ1) is 7.38. The third-order valence-electron chi connectivity index (χ3n) is 2.39. The SMILES string of the molecule is CC(C)(C)N(C(=O)O)C(CN)c1ccsc1. The third-order valence-corrected chi connectivity index (χ3v) is 3.09. The molecule has 0 aliphatic heterocycles. The van der Waals surface area contributed by atoms with Crippen molar-refractivity contribution in [1.29, 1.82) is 0 Å². The molecule has 4 nitrogen and oxygen atoms in total. The van der Waals surface area contributed by atoms with Gasteiger partial charge in [-0.1, -0.05) is 0 Å². The first-order valence-electron chi connectivity index (χ1n) is 5.12. The van der Waals surface area contributed by atoms with Crippen LogP contribution in [0.4, 0.5) is 4.79 Å². The first-order valence-corrected chi connectivity index (χ1v) is 6.06. The van der Waals surface area contributed by atoms with Gasteiger partial charge in [-0.2, -0.15) is 11.3 Å². The van der Waals surface area contributed by atoms with Gasteiger partial charge in [-0.05, 0) is 43.2 Å². The molecule has 0 fully saturated rings. The normalized spacial score (nSPS) is 13.5. The summed E-state index contributed by atoms with van der Waals surface area (Å²) in [5.41, 5.74) is 6.20. The van der Waals surface area contributed by atoms with Crippen molar-refractivity contribution in [2.75, 3.05) is 6.54 Å². The van der Waals surface area contributed by atoms with E-state index in [2.05, 4.69) is 0 Å². The Labute approximate surface area is 99.7 Å². The monoisotopic (exact) mass is 242 g/mol. The zero-order chi connectivity index (χ0) is 12.3. The molecule has 0 spiro atoms. The summed E-state index contributed by atoms with van der Waals surface area (Å²) in [7, 11) is 0. The van der Waals surface area contributed by atoms with E-state index >= 15 is 0 Å². The molecule has 3 N–H and O–H groups in total. The van der Waals surface area contributed by atoms with Crippen molar-refractivity contribution < 1.29 is 9.90 Å². The van der Waals surface area contributed by atoms with E-state index < -0.39 is 11.6 Å². The van der Waals surface area contributed by atoms with Crippen LogP contribution in [0.2, 0.25) is 0 Å². The van der Waals surface area contributed by atoms with E-state index in [0.29, 0.717) is 6.54 Å². The van der Waals surface area contributed by atoms with Gasteiger partial charge in [-0.3, -0.25) is 4.90 Å². The second-order valence-electron chi connectivity index (χ2n) is 4.63. The Balaban J connectivity index is 3.05. The van der Waals surface area contributed by atoms with Crippen LogP contribution in [0.5, 0.6) is 0 Å². The highest BCUT2D eigenvalue weighted by Gasteiger charge is 2.33. The van der Waals surface area contributed by atoms with Crippen molar-refractivity contribution in [3.8, 4) is 0 Å². The maximum absolute atomic E-state index is 11.3. The number of nitrogens with zero attached hydrogens (tertiary/aromatic N) is 1. The molecule has 5 heteroatoms. The van der Waals surface area contributed by atoms with Crippen molar-refractivity contribution in [2.45, 2.75) is 32.4 Å². The minimum atomic E-state index is -0.936. The highest BCUT2D eigenvalue weighted by atomic mass is 32.1. The Morgan fingerprint density at radius 1 is 1.62 bits per heavy atom. The summed E-state index contributed by atoms with van der Waals surface area (Å²) in [5, 5.41) is 13.2. The Morgan fingerprint density at radius 2 is 2.25 bits per heavy atom. The van der Waals surface area contributed by atoms with E-state index in [4.69, 9.17) is 5.73 Å². The summed E-state index contributed by atoms with van der Waals surface area (Å²) < 4.78 is 0. The smallest absolute Gasteiger partial charge is 0.408 e. The predicted molar refractivity (Wildman–Crippen MR) is 65.7 cm³/mol. The number of carboxylic acid groups (broad SMARTS) is 1. The summed E-state index contributed by atoms with van der Waals surface area (Å²) in [6.45, 7) is 5.91. The average Bonchev–Trinajstić information content (AvgIpc) is 2.63. The van der Waals surface area contributed by atoms with Crippen LogP contribution in [0.3, 0.4) is 0 Å². The molecule has 1 atom stereocenters. The zero-order valence-electron chi connectivity index (χ0n) is 9.80. The fraction of sp³-hybridized carbons (Fsp3) is 0.545. The van der Waals surface area contributed by atoms with Crippen LogP contribution >= 0.6 is 11.3 Å². The number of thiophene rings is 1. The van der Waals surface area contributed by atoms with Crippen LogP contribution in [-0.2, 0) is 0 Å². The zero-order valence-corrected chi connectivity index (χ0v) is 10.6. The molecule has 0 saturated heterocycles. The molecular formula is C11H18N2O2S. The second-order valence-corrected chi connectivity index (χ2v) is 5.41. The van der Waals surface area contributed by atoms with E-state index in [0.717, 1.165) is 5.56 Å². The standard InChI is InChI=1S/C11H18N2O2S/c1-11(2,3)13(10(14)15)9(6-12)8-4-5-16-7-8/h4-5,7,9H,6,12H2,1-3H3,(H,14,15). The molecule has 1 unspecified atom stereocenters. The molecule has 16 heavy (non-hydrogen) atoms. The van der Waals surface area contributed by atoms with Crippen LogP contribution in [0.25, 0.3) is 0 Å². The van der Waals surface area contributed by atoms with Gasteiger partial charge in [0.25, 0.3) is 0 Å². The summed E-state index contributed by atoms with van der Waals surface area (Å²) in [5.74, 6) is 0. The summed E-state index contributed by atoms with van der Waals surface area (Å²) in [6.07, 6.45) is -0.936. The Hall–Kier alpha value is -1.07. The lowest BCUT2D eigenvalue weighted by Crippen LogP contribution is -2.49. The number of amides is 1. The van der Waals surface area contributed by atoms with Crippen molar-refractivity contribution in [2.24, 2.45) is 5.73 Å². The van der Waals surface area contributed by atoms with Crippen LogP contribution in [0.1, 0.15) is 32.4 Å². The predicted octanol–water partition coefficient (Wildman–Crippen LogP) is 2.53. The number of carbonyl (C=O) groups is 1. The lowest BCUT2D eigenvalue weighted by molar-refractivity contribution is 0.0722. The maximum Gasteiger partial charge on any atom is 0.408 e. The fourth-order valence-electron chi connectivity index (χ4n) is 1.74. The van der Waals surface area contributed by atoms with Gasteiger partial charge in [0.2, 0.25) is 0 Å². The summed E-state index contributed by atoms with van der Waals surface area (Å²) in [4.78, 5) is 12.7. The highest BCUT2D eigenvalue weighted by molar-refractivity contribution is 7.07. The van der Waals surface area contributed by atoms with Gasteiger partial charge in [-0.25, -0.2) is 4.79 Å². The molecule has 1 amide bonds. The summed E-state index contributed by atoms with van der Waals surface area (Å²) >= 11 is 1.55. The van der Waals surface area contributed by atoms with Gasteiger partial charge in [0, 0.05) is 12.1 Å². The molecule has 0 aromatic carbocycles. The fourth-order valence-corrected chi connectivity index (χ4v) is 2.45. The summed E-state index contributed by atoms with van der Waals surface area (Å²) in [6, 6.07) is 1.65. The Kier molecular flexibility index (Phi) is 3.93. The van der Waals surface area contributed by atoms with E-state index in [1.807, 2.05) is 37.6 Å². The average molecular weight is 242 g/mol. The van der Waals surface area contributed by atoms with Crippen LogP contribution < -0.4 is 5.73 Å². The van der Waals surface area contributed by atoms with Crippen molar-refractivity contribution in [3.63, 3.8) is 0 Å². The molecule has 1 aromatic heterocycles. The molecule has 0 aliphatic rings. The van der Waals surface area contributed by atoms with Gasteiger partial charge >= 0.3 is 6.09 Å². The topological polar surface area (TPSA) is 66.6 Å². The molecule has 0 saturated carbocycles.